The van der Waals surface area contributed by atoms with E-state index in [4.69, 9.17) is 26.9 Å². The number of thiocarbonyl (C=S) groups is 1. The zero-order valence-corrected chi connectivity index (χ0v) is 17.1. The molecule has 2 aliphatic rings. The SMILES string of the molecule is C=CCNC(=S)Nc1nc(N2CCOCC2)cc(N2CC(C)CC(C)C2)n1. The second kappa shape index (κ2) is 9.32. The van der Waals surface area contributed by atoms with Gasteiger partial charge in [-0.2, -0.15) is 9.97 Å². The maximum atomic E-state index is 5.48. The molecule has 3 rings (SSSR count). The molecule has 8 heteroatoms. The first-order valence-corrected chi connectivity index (χ1v) is 10.1. The van der Waals surface area contributed by atoms with Gasteiger partial charge in [-0.25, -0.2) is 0 Å². The molecule has 7 nitrogen and oxygen atoms in total. The molecule has 1 aromatic rings. The van der Waals surface area contributed by atoms with Gasteiger partial charge >= 0.3 is 0 Å². The van der Waals surface area contributed by atoms with E-state index in [1.54, 1.807) is 6.08 Å². The summed E-state index contributed by atoms with van der Waals surface area (Å²) in [6.07, 6.45) is 3.03. The summed E-state index contributed by atoms with van der Waals surface area (Å²) in [6, 6.07) is 2.10. The molecule has 0 spiro atoms. The van der Waals surface area contributed by atoms with Crippen LogP contribution in [0.25, 0.3) is 0 Å². The predicted molar refractivity (Wildman–Crippen MR) is 115 cm³/mol. The van der Waals surface area contributed by atoms with Crippen molar-refractivity contribution in [1.82, 2.24) is 15.3 Å². The average molecular weight is 391 g/mol. The maximum absolute atomic E-state index is 5.48. The number of ether oxygens (including phenoxy) is 1. The van der Waals surface area contributed by atoms with E-state index in [1.807, 2.05) is 0 Å². The van der Waals surface area contributed by atoms with Crippen LogP contribution in [0.1, 0.15) is 20.3 Å². The van der Waals surface area contributed by atoms with Crippen LogP contribution in [0.5, 0.6) is 0 Å². The summed E-state index contributed by atoms with van der Waals surface area (Å²) in [6.45, 7) is 14.1. The quantitative estimate of drug-likeness (QED) is 0.586. The molecule has 2 atom stereocenters. The van der Waals surface area contributed by atoms with Crippen LogP contribution in [-0.4, -0.2) is 61.0 Å². The van der Waals surface area contributed by atoms with Gasteiger partial charge in [0.1, 0.15) is 11.6 Å². The van der Waals surface area contributed by atoms with Crippen molar-refractivity contribution in [3.8, 4) is 0 Å². The van der Waals surface area contributed by atoms with E-state index in [0.29, 0.717) is 29.4 Å². The van der Waals surface area contributed by atoms with Crippen LogP contribution in [0.15, 0.2) is 18.7 Å². The van der Waals surface area contributed by atoms with Gasteiger partial charge in [-0.3, -0.25) is 0 Å². The molecule has 0 bridgehead atoms. The van der Waals surface area contributed by atoms with Gasteiger partial charge in [0.2, 0.25) is 5.95 Å². The third kappa shape index (κ3) is 5.52. The minimum Gasteiger partial charge on any atom is -0.378 e. The number of piperidine rings is 1. The molecule has 2 unspecified atom stereocenters. The Hall–Kier alpha value is -1.93. The Bertz CT molecular complexity index is 654. The third-order valence-corrected chi connectivity index (χ3v) is 5.11. The second-order valence-corrected chi connectivity index (χ2v) is 7.89. The zero-order valence-electron chi connectivity index (χ0n) is 16.3. The van der Waals surface area contributed by atoms with E-state index in [-0.39, 0.29) is 0 Å². The Kier molecular flexibility index (Phi) is 6.84. The van der Waals surface area contributed by atoms with Gasteiger partial charge in [-0.15, -0.1) is 6.58 Å². The molecule has 0 aromatic carbocycles. The van der Waals surface area contributed by atoms with Crippen molar-refractivity contribution in [3.05, 3.63) is 18.7 Å². The van der Waals surface area contributed by atoms with Crippen molar-refractivity contribution < 1.29 is 4.74 Å². The molecule has 3 heterocycles. The van der Waals surface area contributed by atoms with E-state index in [2.05, 4.69) is 46.9 Å². The van der Waals surface area contributed by atoms with Crippen molar-refractivity contribution in [1.29, 1.82) is 0 Å². The van der Waals surface area contributed by atoms with E-state index in [9.17, 15) is 0 Å². The molecule has 2 N–H and O–H groups in total. The standard InChI is InChI=1S/C19H30N6OS/c1-4-5-20-19(27)23-18-21-16(24-6-8-26-9-7-24)11-17(22-18)25-12-14(2)10-15(3)13-25/h4,11,14-15H,1,5-10,12-13H2,2-3H3,(H2,20,21,22,23,27). The monoisotopic (exact) mass is 390 g/mol. The lowest BCUT2D eigenvalue weighted by atomic mass is 9.92. The van der Waals surface area contributed by atoms with E-state index in [1.165, 1.54) is 6.42 Å². The molecule has 1 aromatic heterocycles. The number of aromatic nitrogens is 2. The van der Waals surface area contributed by atoms with Crippen LogP contribution in [0.4, 0.5) is 17.6 Å². The molecule has 0 amide bonds. The molecule has 27 heavy (non-hydrogen) atoms. The highest BCUT2D eigenvalue weighted by atomic mass is 32.1. The van der Waals surface area contributed by atoms with Gasteiger partial charge in [0.25, 0.3) is 0 Å². The Labute approximate surface area is 167 Å². The second-order valence-electron chi connectivity index (χ2n) is 7.48. The molecule has 0 saturated carbocycles. The average Bonchev–Trinajstić information content (AvgIpc) is 2.66. The Morgan fingerprint density at radius 1 is 1.22 bits per heavy atom. The smallest absolute Gasteiger partial charge is 0.232 e. The fraction of sp³-hybridized carbons (Fsp3) is 0.632. The molecular weight excluding hydrogens is 360 g/mol. The Morgan fingerprint density at radius 3 is 2.48 bits per heavy atom. The van der Waals surface area contributed by atoms with E-state index in [0.717, 1.165) is 51.0 Å². The minimum absolute atomic E-state index is 0.500. The lowest BCUT2D eigenvalue weighted by Crippen LogP contribution is -2.40. The summed E-state index contributed by atoms with van der Waals surface area (Å²) in [4.78, 5) is 14.1. The summed E-state index contributed by atoms with van der Waals surface area (Å²) < 4.78 is 5.48. The first kappa shape index (κ1) is 19.8. The fourth-order valence-corrected chi connectivity index (χ4v) is 3.93. The van der Waals surface area contributed by atoms with Crippen molar-refractivity contribution in [2.75, 3.05) is 61.1 Å². The highest BCUT2D eigenvalue weighted by Gasteiger charge is 2.25. The first-order valence-electron chi connectivity index (χ1n) is 9.67. The zero-order chi connectivity index (χ0) is 19.2. The molecule has 0 radical (unpaired) electrons. The molecule has 0 aliphatic carbocycles. The maximum Gasteiger partial charge on any atom is 0.232 e. The van der Waals surface area contributed by atoms with Crippen LogP contribution >= 0.6 is 12.2 Å². The van der Waals surface area contributed by atoms with Gasteiger partial charge in [0.15, 0.2) is 5.11 Å². The number of rotatable bonds is 5. The Balaban J connectivity index is 1.85. The van der Waals surface area contributed by atoms with Crippen molar-refractivity contribution >= 4 is 34.9 Å². The number of nitrogens with one attached hydrogen (secondary N) is 2. The topological polar surface area (TPSA) is 65.6 Å². The van der Waals surface area contributed by atoms with Crippen LogP contribution in [-0.2, 0) is 4.74 Å². The van der Waals surface area contributed by atoms with Crippen LogP contribution in [0, 0.1) is 11.8 Å². The normalized spacial score (nSPS) is 23.0. The highest BCUT2D eigenvalue weighted by Crippen LogP contribution is 2.28. The molecule has 2 aliphatic heterocycles. The van der Waals surface area contributed by atoms with Crippen molar-refractivity contribution in [3.63, 3.8) is 0 Å². The van der Waals surface area contributed by atoms with Gasteiger partial charge in [-0.05, 0) is 30.5 Å². The fourth-order valence-electron chi connectivity index (χ4n) is 3.75. The molecule has 148 valence electrons. The molecular formula is C19H30N6OS. The van der Waals surface area contributed by atoms with Gasteiger partial charge < -0.3 is 25.2 Å². The van der Waals surface area contributed by atoms with E-state index < -0.39 is 0 Å². The van der Waals surface area contributed by atoms with Crippen LogP contribution in [0.2, 0.25) is 0 Å². The first-order chi connectivity index (χ1) is 13.0. The summed E-state index contributed by atoms with van der Waals surface area (Å²) in [5, 5.41) is 6.69. The van der Waals surface area contributed by atoms with E-state index >= 15 is 0 Å². The van der Waals surface area contributed by atoms with Crippen molar-refractivity contribution in [2.45, 2.75) is 20.3 Å². The lowest BCUT2D eigenvalue weighted by Gasteiger charge is -2.36. The van der Waals surface area contributed by atoms with Crippen LogP contribution in [0.3, 0.4) is 0 Å². The minimum atomic E-state index is 0.500. The van der Waals surface area contributed by atoms with Crippen LogP contribution < -0.4 is 20.4 Å². The molecule has 2 saturated heterocycles. The highest BCUT2D eigenvalue weighted by molar-refractivity contribution is 7.80. The third-order valence-electron chi connectivity index (χ3n) is 4.86. The number of hydrogen-bond acceptors (Lipinski definition) is 6. The number of hydrogen-bond donors (Lipinski definition) is 2. The summed E-state index contributed by atoms with van der Waals surface area (Å²) in [5.74, 6) is 3.72. The number of anilines is 3. The number of morpholine rings is 1. The largest absolute Gasteiger partial charge is 0.378 e. The summed E-state index contributed by atoms with van der Waals surface area (Å²) in [5.41, 5.74) is 0. The van der Waals surface area contributed by atoms with Gasteiger partial charge in [0.05, 0.1) is 13.2 Å². The van der Waals surface area contributed by atoms with Crippen molar-refractivity contribution in [2.24, 2.45) is 11.8 Å². The lowest BCUT2D eigenvalue weighted by molar-refractivity contribution is 0.122. The summed E-state index contributed by atoms with van der Waals surface area (Å²) >= 11 is 5.34. The summed E-state index contributed by atoms with van der Waals surface area (Å²) in [7, 11) is 0. The predicted octanol–water partition coefficient (Wildman–Crippen LogP) is 2.27. The van der Waals surface area contributed by atoms with Gasteiger partial charge in [0, 0.05) is 38.8 Å². The Morgan fingerprint density at radius 2 is 1.85 bits per heavy atom. The molecule has 2 fully saturated rings. The number of nitrogens with zero attached hydrogens (tertiary/aromatic N) is 4. The van der Waals surface area contributed by atoms with Gasteiger partial charge in [-0.1, -0.05) is 19.9 Å².